The van der Waals surface area contributed by atoms with E-state index in [1.807, 2.05) is 32.0 Å². The second-order valence-corrected chi connectivity index (χ2v) is 6.44. The summed E-state index contributed by atoms with van der Waals surface area (Å²) in [6.07, 6.45) is 0. The van der Waals surface area contributed by atoms with Crippen LogP contribution in [-0.2, 0) is 6.54 Å². The molecule has 0 aliphatic carbocycles. The predicted octanol–water partition coefficient (Wildman–Crippen LogP) is 4.41. The number of carbonyl (C=O) groups is 1. The highest BCUT2D eigenvalue weighted by Gasteiger charge is 2.12. The molecule has 0 bridgehead atoms. The second-order valence-electron chi connectivity index (χ2n) is 6.44. The maximum Gasteiger partial charge on any atom is 0.274 e. The first-order valence-corrected chi connectivity index (χ1v) is 8.63. The zero-order valence-corrected chi connectivity index (χ0v) is 15.5. The monoisotopic (exact) mass is 364 g/mol. The van der Waals surface area contributed by atoms with Gasteiger partial charge in [-0.05, 0) is 55.7 Å². The summed E-state index contributed by atoms with van der Waals surface area (Å²) in [4.78, 5) is 21.2. The van der Waals surface area contributed by atoms with Crippen molar-refractivity contribution in [2.45, 2.75) is 27.3 Å². The van der Waals surface area contributed by atoms with Gasteiger partial charge < -0.3 is 10.6 Å². The van der Waals surface area contributed by atoms with Gasteiger partial charge in [0, 0.05) is 18.3 Å². The molecule has 1 aromatic heterocycles. The minimum absolute atomic E-state index is 0.276. The standard InChI is InChI=1S/C21H21FN4O/c1-13-4-5-14(2)18(10-13)26-21(27)19-11-20(25-15(3)24-19)23-12-16-6-8-17(22)9-7-16/h4-11H,12H2,1-3H3,(H,26,27)(H,23,24,25). The Morgan fingerprint density at radius 1 is 1.00 bits per heavy atom. The minimum Gasteiger partial charge on any atom is -0.366 e. The van der Waals surface area contributed by atoms with Crippen molar-refractivity contribution in [2.24, 2.45) is 0 Å². The second kappa shape index (κ2) is 7.95. The SMILES string of the molecule is Cc1ccc(C)c(NC(=O)c2cc(NCc3ccc(F)cc3)nc(C)n2)c1. The average Bonchev–Trinajstić information content (AvgIpc) is 2.64. The number of aryl methyl sites for hydroxylation is 3. The first-order valence-electron chi connectivity index (χ1n) is 8.63. The van der Waals surface area contributed by atoms with Crippen LogP contribution in [0.15, 0.2) is 48.5 Å². The van der Waals surface area contributed by atoms with E-state index in [9.17, 15) is 9.18 Å². The van der Waals surface area contributed by atoms with Gasteiger partial charge in [0.05, 0.1) is 0 Å². The number of amides is 1. The molecule has 0 aliphatic rings. The van der Waals surface area contributed by atoms with Gasteiger partial charge in [-0.15, -0.1) is 0 Å². The lowest BCUT2D eigenvalue weighted by Gasteiger charge is -2.11. The molecule has 0 unspecified atom stereocenters. The van der Waals surface area contributed by atoms with Crippen molar-refractivity contribution in [1.82, 2.24) is 9.97 Å². The van der Waals surface area contributed by atoms with Crippen LogP contribution in [0.4, 0.5) is 15.9 Å². The van der Waals surface area contributed by atoms with Crippen molar-refractivity contribution in [3.05, 3.63) is 82.6 Å². The fourth-order valence-corrected chi connectivity index (χ4v) is 2.63. The van der Waals surface area contributed by atoms with Gasteiger partial charge in [0.15, 0.2) is 0 Å². The molecule has 0 saturated carbocycles. The first kappa shape index (κ1) is 18.5. The fourth-order valence-electron chi connectivity index (χ4n) is 2.63. The third kappa shape index (κ3) is 4.88. The zero-order chi connectivity index (χ0) is 19.4. The number of hydrogen-bond acceptors (Lipinski definition) is 4. The summed E-state index contributed by atoms with van der Waals surface area (Å²) in [6, 6.07) is 13.7. The number of rotatable bonds is 5. The Labute approximate surface area is 157 Å². The number of hydrogen-bond donors (Lipinski definition) is 2. The lowest BCUT2D eigenvalue weighted by Crippen LogP contribution is -2.16. The Morgan fingerprint density at radius 3 is 2.48 bits per heavy atom. The molecule has 2 N–H and O–H groups in total. The lowest BCUT2D eigenvalue weighted by atomic mass is 10.1. The summed E-state index contributed by atoms with van der Waals surface area (Å²) in [7, 11) is 0. The van der Waals surface area contributed by atoms with Crippen LogP contribution in [-0.4, -0.2) is 15.9 Å². The molecule has 0 atom stereocenters. The molecule has 27 heavy (non-hydrogen) atoms. The van der Waals surface area contributed by atoms with Crippen molar-refractivity contribution in [2.75, 3.05) is 10.6 Å². The van der Waals surface area contributed by atoms with E-state index in [0.717, 1.165) is 22.4 Å². The Hall–Kier alpha value is -3.28. The number of carbonyl (C=O) groups excluding carboxylic acids is 1. The van der Waals surface area contributed by atoms with E-state index in [1.54, 1.807) is 25.1 Å². The molecule has 3 rings (SSSR count). The molecule has 0 radical (unpaired) electrons. The topological polar surface area (TPSA) is 66.9 Å². The van der Waals surface area contributed by atoms with Crippen LogP contribution < -0.4 is 10.6 Å². The summed E-state index contributed by atoms with van der Waals surface area (Å²) in [5.41, 5.74) is 4.00. The maximum absolute atomic E-state index is 13.0. The number of anilines is 2. The number of benzene rings is 2. The Kier molecular flexibility index (Phi) is 5.45. The smallest absolute Gasteiger partial charge is 0.274 e. The van der Waals surface area contributed by atoms with Gasteiger partial charge in [0.2, 0.25) is 0 Å². The Bertz CT molecular complexity index is 970. The molecule has 138 valence electrons. The highest BCUT2D eigenvalue weighted by atomic mass is 19.1. The van der Waals surface area contributed by atoms with Gasteiger partial charge in [-0.3, -0.25) is 4.79 Å². The van der Waals surface area contributed by atoms with Crippen molar-refractivity contribution in [3.63, 3.8) is 0 Å². The molecule has 0 fully saturated rings. The van der Waals surface area contributed by atoms with Crippen LogP contribution in [0.5, 0.6) is 0 Å². The highest BCUT2D eigenvalue weighted by molar-refractivity contribution is 6.03. The molecule has 1 amide bonds. The van der Waals surface area contributed by atoms with E-state index >= 15 is 0 Å². The summed E-state index contributed by atoms with van der Waals surface area (Å²) in [5.74, 6) is 0.462. The summed E-state index contributed by atoms with van der Waals surface area (Å²) < 4.78 is 13.0. The van der Waals surface area contributed by atoms with Gasteiger partial charge >= 0.3 is 0 Å². The van der Waals surface area contributed by atoms with Crippen molar-refractivity contribution in [1.29, 1.82) is 0 Å². The fraction of sp³-hybridized carbons (Fsp3) is 0.190. The quantitative estimate of drug-likeness (QED) is 0.704. The average molecular weight is 364 g/mol. The third-order valence-electron chi connectivity index (χ3n) is 4.10. The lowest BCUT2D eigenvalue weighted by molar-refractivity contribution is 0.102. The van der Waals surface area contributed by atoms with E-state index in [4.69, 9.17) is 0 Å². The maximum atomic E-state index is 13.0. The summed E-state index contributed by atoms with van der Waals surface area (Å²) in [6.45, 7) is 6.11. The van der Waals surface area contributed by atoms with E-state index in [2.05, 4.69) is 20.6 Å². The van der Waals surface area contributed by atoms with Crippen LogP contribution in [0.1, 0.15) is 33.0 Å². The number of aromatic nitrogens is 2. The molecule has 5 nitrogen and oxygen atoms in total. The Balaban J connectivity index is 1.74. The van der Waals surface area contributed by atoms with Gasteiger partial charge in [0.1, 0.15) is 23.2 Å². The molecule has 0 saturated heterocycles. The van der Waals surface area contributed by atoms with Crippen molar-refractivity contribution >= 4 is 17.4 Å². The van der Waals surface area contributed by atoms with Crippen LogP contribution >= 0.6 is 0 Å². The van der Waals surface area contributed by atoms with Gasteiger partial charge in [-0.1, -0.05) is 24.3 Å². The van der Waals surface area contributed by atoms with Crippen LogP contribution in [0.2, 0.25) is 0 Å². The highest BCUT2D eigenvalue weighted by Crippen LogP contribution is 2.18. The summed E-state index contributed by atoms with van der Waals surface area (Å²) in [5, 5.41) is 6.05. The molecular formula is C21H21FN4O. The Morgan fingerprint density at radius 2 is 1.74 bits per heavy atom. The van der Waals surface area contributed by atoms with Crippen molar-refractivity contribution < 1.29 is 9.18 Å². The molecule has 1 heterocycles. The van der Waals surface area contributed by atoms with Gasteiger partial charge in [-0.2, -0.15) is 0 Å². The van der Waals surface area contributed by atoms with E-state index in [1.165, 1.54) is 12.1 Å². The van der Waals surface area contributed by atoms with Gasteiger partial charge in [-0.25, -0.2) is 14.4 Å². The number of nitrogens with zero attached hydrogens (tertiary/aromatic N) is 2. The van der Waals surface area contributed by atoms with E-state index < -0.39 is 0 Å². The molecular weight excluding hydrogens is 343 g/mol. The van der Waals surface area contributed by atoms with Crippen molar-refractivity contribution in [3.8, 4) is 0 Å². The normalized spacial score (nSPS) is 10.5. The van der Waals surface area contributed by atoms with Crippen LogP contribution in [0.3, 0.4) is 0 Å². The molecule has 6 heteroatoms. The number of halogens is 1. The van der Waals surface area contributed by atoms with Crippen LogP contribution in [0, 0.1) is 26.6 Å². The predicted molar refractivity (Wildman–Crippen MR) is 104 cm³/mol. The third-order valence-corrected chi connectivity index (χ3v) is 4.10. The van der Waals surface area contributed by atoms with Crippen LogP contribution in [0.25, 0.3) is 0 Å². The minimum atomic E-state index is -0.293. The number of nitrogens with one attached hydrogen (secondary N) is 2. The molecule has 0 spiro atoms. The molecule has 3 aromatic rings. The summed E-state index contributed by atoms with van der Waals surface area (Å²) >= 11 is 0. The zero-order valence-electron chi connectivity index (χ0n) is 15.5. The van der Waals surface area contributed by atoms with E-state index in [0.29, 0.717) is 18.2 Å². The van der Waals surface area contributed by atoms with E-state index in [-0.39, 0.29) is 17.4 Å². The first-order chi connectivity index (χ1) is 12.9. The van der Waals surface area contributed by atoms with Gasteiger partial charge in [0.25, 0.3) is 5.91 Å². The molecule has 2 aromatic carbocycles. The molecule has 0 aliphatic heterocycles. The largest absolute Gasteiger partial charge is 0.366 e.